The number of amides is 4. The second-order valence-corrected chi connectivity index (χ2v) is 7.32. The van der Waals surface area contributed by atoms with Crippen molar-refractivity contribution in [1.29, 1.82) is 0 Å². The number of imide groups is 1. The first-order chi connectivity index (χ1) is 15.4. The van der Waals surface area contributed by atoms with E-state index in [4.69, 9.17) is 0 Å². The minimum Gasteiger partial charge on any atom is -0.326 e. The van der Waals surface area contributed by atoms with Crippen molar-refractivity contribution in [1.82, 2.24) is 4.90 Å². The van der Waals surface area contributed by atoms with Crippen LogP contribution in [0.15, 0.2) is 78.9 Å². The number of carbonyl (C=O) groups excluding carboxylic acids is 3. The molecule has 1 N–H and O–H groups in total. The molecule has 6 nitrogen and oxygen atoms in total. The van der Waals surface area contributed by atoms with E-state index in [-0.39, 0.29) is 13.0 Å². The molecule has 3 aromatic rings. The van der Waals surface area contributed by atoms with Gasteiger partial charge in [0.05, 0.1) is 12.1 Å². The van der Waals surface area contributed by atoms with Gasteiger partial charge in [0.2, 0.25) is 5.91 Å². The molecule has 0 radical (unpaired) electrons. The summed E-state index contributed by atoms with van der Waals surface area (Å²) in [6.45, 7) is -0.0415. The van der Waals surface area contributed by atoms with Crippen molar-refractivity contribution in [2.24, 2.45) is 0 Å². The molecule has 1 saturated heterocycles. The molecule has 8 heteroatoms. The number of nitrogens with zero attached hydrogens (tertiary/aromatic N) is 2. The Morgan fingerprint density at radius 1 is 0.875 bits per heavy atom. The number of para-hydroxylation sites is 1. The maximum absolute atomic E-state index is 13.7. The van der Waals surface area contributed by atoms with Gasteiger partial charge >= 0.3 is 6.03 Å². The van der Waals surface area contributed by atoms with Gasteiger partial charge in [-0.15, -0.1) is 0 Å². The molecule has 0 bridgehead atoms. The topological polar surface area (TPSA) is 69.7 Å². The lowest BCUT2D eigenvalue weighted by Crippen LogP contribution is -2.37. The largest absolute Gasteiger partial charge is 0.332 e. The smallest absolute Gasteiger partial charge is 0.326 e. The third-order valence-electron chi connectivity index (χ3n) is 5.08. The van der Waals surface area contributed by atoms with E-state index in [9.17, 15) is 23.2 Å². The minimum absolute atomic E-state index is 0.0415. The Balaban J connectivity index is 1.59. The quantitative estimate of drug-likeness (QED) is 0.586. The van der Waals surface area contributed by atoms with Crippen LogP contribution in [0.1, 0.15) is 12.0 Å². The van der Waals surface area contributed by atoms with E-state index in [0.717, 1.165) is 4.90 Å². The van der Waals surface area contributed by atoms with Crippen molar-refractivity contribution in [3.05, 3.63) is 96.1 Å². The van der Waals surface area contributed by atoms with E-state index in [1.807, 2.05) is 0 Å². The molecule has 0 aliphatic carbocycles. The second-order valence-electron chi connectivity index (χ2n) is 7.32. The number of carbonyl (C=O) groups is 3. The second kappa shape index (κ2) is 8.97. The average molecular weight is 435 g/mol. The molecule has 1 atom stereocenters. The summed E-state index contributed by atoms with van der Waals surface area (Å²) >= 11 is 0. The molecule has 32 heavy (non-hydrogen) atoms. The highest BCUT2D eigenvalue weighted by Gasteiger charge is 2.46. The zero-order valence-corrected chi connectivity index (χ0v) is 16.9. The summed E-state index contributed by atoms with van der Waals surface area (Å²) in [5, 5.41) is 2.61. The monoisotopic (exact) mass is 435 g/mol. The van der Waals surface area contributed by atoms with Crippen molar-refractivity contribution >= 4 is 29.2 Å². The predicted octanol–water partition coefficient (Wildman–Crippen LogP) is 4.33. The van der Waals surface area contributed by atoms with Crippen LogP contribution in [0.3, 0.4) is 0 Å². The maximum Gasteiger partial charge on any atom is 0.332 e. The molecule has 1 aliphatic heterocycles. The third-order valence-corrected chi connectivity index (χ3v) is 5.08. The third kappa shape index (κ3) is 4.49. The summed E-state index contributed by atoms with van der Waals surface area (Å²) < 4.78 is 26.8. The zero-order chi connectivity index (χ0) is 22.7. The maximum atomic E-state index is 13.7. The number of benzene rings is 3. The van der Waals surface area contributed by atoms with Gasteiger partial charge in [-0.1, -0.05) is 30.3 Å². The molecular weight excluding hydrogens is 416 g/mol. The number of urea groups is 1. The fourth-order valence-electron chi connectivity index (χ4n) is 3.58. The molecule has 0 unspecified atom stereocenters. The lowest BCUT2D eigenvalue weighted by Gasteiger charge is -2.21. The molecule has 1 heterocycles. The lowest BCUT2D eigenvalue weighted by atomic mass is 10.1. The Kier molecular flexibility index (Phi) is 5.93. The fourth-order valence-corrected chi connectivity index (χ4v) is 3.58. The van der Waals surface area contributed by atoms with Crippen LogP contribution in [-0.2, 0) is 16.1 Å². The first-order valence-corrected chi connectivity index (χ1v) is 9.92. The van der Waals surface area contributed by atoms with Gasteiger partial charge in [-0.25, -0.2) is 18.5 Å². The highest BCUT2D eigenvalue weighted by molar-refractivity contribution is 6.22. The Morgan fingerprint density at radius 3 is 2.28 bits per heavy atom. The Labute approximate surface area is 183 Å². The van der Waals surface area contributed by atoms with E-state index >= 15 is 0 Å². The first kappa shape index (κ1) is 21.2. The highest BCUT2D eigenvalue weighted by atomic mass is 19.1. The van der Waals surface area contributed by atoms with E-state index in [1.54, 1.807) is 36.4 Å². The Bertz CT molecular complexity index is 1150. The number of nitrogens with one attached hydrogen (secondary N) is 1. The van der Waals surface area contributed by atoms with Crippen molar-refractivity contribution < 1.29 is 23.2 Å². The van der Waals surface area contributed by atoms with Gasteiger partial charge in [-0.05, 0) is 54.1 Å². The summed E-state index contributed by atoms with van der Waals surface area (Å²) in [6, 6.07) is 17.6. The predicted molar refractivity (Wildman–Crippen MR) is 115 cm³/mol. The number of halogens is 2. The molecule has 0 aromatic heterocycles. The molecule has 4 amide bonds. The Hall–Kier alpha value is -4.07. The van der Waals surface area contributed by atoms with E-state index in [1.165, 1.54) is 47.4 Å². The van der Waals surface area contributed by atoms with Crippen molar-refractivity contribution in [3.63, 3.8) is 0 Å². The van der Waals surface area contributed by atoms with Crippen LogP contribution < -0.4 is 10.2 Å². The van der Waals surface area contributed by atoms with Crippen LogP contribution in [-0.4, -0.2) is 28.8 Å². The molecule has 162 valence electrons. The Morgan fingerprint density at radius 2 is 1.59 bits per heavy atom. The summed E-state index contributed by atoms with van der Waals surface area (Å²) in [4.78, 5) is 41.2. The number of rotatable bonds is 6. The van der Waals surface area contributed by atoms with Crippen LogP contribution in [0, 0.1) is 11.6 Å². The molecule has 0 saturated carbocycles. The van der Waals surface area contributed by atoms with Crippen molar-refractivity contribution in [3.8, 4) is 0 Å². The summed E-state index contributed by atoms with van der Waals surface area (Å²) in [7, 11) is 0. The van der Waals surface area contributed by atoms with Crippen molar-refractivity contribution in [2.45, 2.75) is 19.0 Å². The standard InChI is InChI=1S/C24H19F2N3O3/c25-17-9-11-19(12-10-17)27-22(30)14-21-23(31)29(20-7-2-1-3-8-20)24(32)28(21)15-16-5-4-6-18(26)13-16/h1-13,21H,14-15H2,(H,27,30)/t21-/m1/s1. The van der Waals surface area contributed by atoms with E-state index < -0.39 is 35.5 Å². The van der Waals surface area contributed by atoms with Gasteiger partial charge < -0.3 is 10.2 Å². The number of anilines is 2. The molecule has 4 rings (SSSR count). The highest BCUT2D eigenvalue weighted by Crippen LogP contribution is 2.28. The van der Waals surface area contributed by atoms with E-state index in [0.29, 0.717) is 16.9 Å². The number of hydrogen-bond donors (Lipinski definition) is 1. The molecule has 1 aliphatic rings. The van der Waals surface area contributed by atoms with Gasteiger partial charge in [0.15, 0.2) is 0 Å². The summed E-state index contributed by atoms with van der Waals surface area (Å²) in [6.07, 6.45) is -0.305. The van der Waals surface area contributed by atoms with Crippen LogP contribution in [0.4, 0.5) is 25.0 Å². The van der Waals surface area contributed by atoms with Gasteiger partial charge in [0.25, 0.3) is 5.91 Å². The zero-order valence-electron chi connectivity index (χ0n) is 16.9. The first-order valence-electron chi connectivity index (χ1n) is 9.92. The van der Waals surface area contributed by atoms with Crippen LogP contribution in [0.2, 0.25) is 0 Å². The van der Waals surface area contributed by atoms with Gasteiger partial charge in [0.1, 0.15) is 17.7 Å². The summed E-state index contributed by atoms with van der Waals surface area (Å²) in [5.74, 6) is -1.97. The summed E-state index contributed by atoms with van der Waals surface area (Å²) in [5.41, 5.74) is 1.24. The average Bonchev–Trinajstić information content (AvgIpc) is 3.00. The van der Waals surface area contributed by atoms with E-state index in [2.05, 4.69) is 5.32 Å². The van der Waals surface area contributed by atoms with Crippen LogP contribution >= 0.6 is 0 Å². The lowest BCUT2D eigenvalue weighted by molar-refractivity contribution is -0.124. The van der Waals surface area contributed by atoms with Crippen LogP contribution in [0.25, 0.3) is 0 Å². The van der Waals surface area contributed by atoms with Crippen LogP contribution in [0.5, 0.6) is 0 Å². The number of hydrogen-bond acceptors (Lipinski definition) is 3. The van der Waals surface area contributed by atoms with Gasteiger partial charge in [-0.3, -0.25) is 9.59 Å². The van der Waals surface area contributed by atoms with Gasteiger partial charge in [0, 0.05) is 12.2 Å². The normalized spacial score (nSPS) is 15.9. The molecule has 3 aromatic carbocycles. The van der Waals surface area contributed by atoms with Crippen molar-refractivity contribution in [2.75, 3.05) is 10.2 Å². The molecular formula is C24H19F2N3O3. The molecule has 1 fully saturated rings. The molecule has 0 spiro atoms. The minimum atomic E-state index is -1.08. The fraction of sp³-hybridized carbons (Fsp3) is 0.125. The SMILES string of the molecule is O=C(C[C@@H]1C(=O)N(c2ccccc2)C(=O)N1Cc1cccc(F)c1)Nc1ccc(F)cc1. The van der Waals surface area contributed by atoms with Gasteiger partial charge in [-0.2, -0.15) is 0 Å².